The molecule has 0 bridgehead atoms. The highest BCUT2D eigenvalue weighted by Crippen LogP contribution is 2.18. The summed E-state index contributed by atoms with van der Waals surface area (Å²) < 4.78 is 12.7. The summed E-state index contributed by atoms with van der Waals surface area (Å²) in [6.45, 7) is 0.500. The molecule has 0 fully saturated rings. The van der Waals surface area contributed by atoms with E-state index in [4.69, 9.17) is 9.47 Å². The Hall–Kier alpha value is -2.82. The Morgan fingerprint density at radius 3 is 2.62 bits per heavy atom. The second-order valence-corrected chi connectivity index (χ2v) is 4.47. The average Bonchev–Trinajstić information content (AvgIpc) is 3.08. The fourth-order valence-corrected chi connectivity index (χ4v) is 1.97. The summed E-state index contributed by atoms with van der Waals surface area (Å²) in [5.41, 5.74) is 2.01. The van der Waals surface area contributed by atoms with E-state index in [1.165, 1.54) is 6.33 Å². The number of benzene rings is 2. The predicted octanol–water partition coefficient (Wildman–Crippen LogP) is 2.85. The van der Waals surface area contributed by atoms with Crippen molar-refractivity contribution in [3.05, 3.63) is 66.7 Å². The van der Waals surface area contributed by atoms with Crippen LogP contribution < -0.4 is 9.47 Å². The third kappa shape index (κ3) is 3.20. The predicted molar refractivity (Wildman–Crippen MR) is 78.7 cm³/mol. The Morgan fingerprint density at radius 2 is 1.90 bits per heavy atom. The Labute approximate surface area is 122 Å². The molecule has 1 heterocycles. The zero-order valence-electron chi connectivity index (χ0n) is 11.6. The van der Waals surface area contributed by atoms with Crippen LogP contribution in [0.1, 0.15) is 5.56 Å². The zero-order chi connectivity index (χ0) is 14.5. The van der Waals surface area contributed by atoms with Gasteiger partial charge in [-0.05, 0) is 42.0 Å². The average molecular weight is 281 g/mol. The first-order chi connectivity index (χ1) is 10.3. The fourth-order valence-electron chi connectivity index (χ4n) is 1.97. The van der Waals surface area contributed by atoms with Gasteiger partial charge in [0, 0.05) is 0 Å². The Bertz CT molecular complexity index is 694. The molecular weight excluding hydrogens is 266 g/mol. The summed E-state index contributed by atoms with van der Waals surface area (Å²) in [6, 6.07) is 15.5. The van der Waals surface area contributed by atoms with Crippen molar-refractivity contribution < 1.29 is 9.47 Å². The largest absolute Gasteiger partial charge is 0.497 e. The topological polar surface area (TPSA) is 49.2 Å². The van der Waals surface area contributed by atoms with E-state index >= 15 is 0 Å². The maximum atomic E-state index is 5.76. The van der Waals surface area contributed by atoms with Gasteiger partial charge in [0.25, 0.3) is 0 Å². The summed E-state index contributed by atoms with van der Waals surface area (Å²) in [6.07, 6.45) is 3.17. The van der Waals surface area contributed by atoms with E-state index in [1.807, 2.05) is 48.5 Å². The molecule has 5 heteroatoms. The van der Waals surface area contributed by atoms with Gasteiger partial charge in [-0.2, -0.15) is 5.10 Å². The molecule has 0 amide bonds. The molecule has 1 aromatic heterocycles. The van der Waals surface area contributed by atoms with E-state index in [1.54, 1.807) is 18.1 Å². The van der Waals surface area contributed by atoms with E-state index in [2.05, 4.69) is 10.1 Å². The molecule has 3 aromatic rings. The lowest BCUT2D eigenvalue weighted by molar-refractivity contribution is 0.305. The van der Waals surface area contributed by atoms with Gasteiger partial charge in [0.1, 0.15) is 30.8 Å². The fraction of sp³-hybridized carbons (Fsp3) is 0.125. The van der Waals surface area contributed by atoms with E-state index in [0.717, 1.165) is 22.7 Å². The van der Waals surface area contributed by atoms with Gasteiger partial charge in [-0.1, -0.05) is 12.1 Å². The van der Waals surface area contributed by atoms with Crippen LogP contribution in [-0.2, 0) is 6.61 Å². The Morgan fingerprint density at radius 1 is 1.05 bits per heavy atom. The van der Waals surface area contributed by atoms with Crippen molar-refractivity contribution >= 4 is 0 Å². The van der Waals surface area contributed by atoms with Crippen molar-refractivity contribution in [2.75, 3.05) is 7.11 Å². The highest BCUT2D eigenvalue weighted by Gasteiger charge is 2.00. The summed E-state index contributed by atoms with van der Waals surface area (Å²) >= 11 is 0. The highest BCUT2D eigenvalue weighted by atomic mass is 16.5. The number of rotatable bonds is 5. The standard InChI is InChI=1S/C16H15N3O2/c1-20-16-4-2-3-13(9-16)10-21-15-7-5-14(6-8-15)19-12-17-11-18-19/h2-9,11-12H,10H2,1H3. The molecule has 0 N–H and O–H groups in total. The summed E-state index contributed by atoms with van der Waals surface area (Å²) in [7, 11) is 1.66. The van der Waals surface area contributed by atoms with Gasteiger partial charge in [0.2, 0.25) is 0 Å². The Balaban J connectivity index is 1.65. The van der Waals surface area contributed by atoms with Crippen LogP contribution in [-0.4, -0.2) is 21.9 Å². The molecule has 0 aliphatic carbocycles. The van der Waals surface area contributed by atoms with Crippen molar-refractivity contribution in [1.82, 2.24) is 14.8 Å². The second kappa shape index (κ2) is 6.09. The van der Waals surface area contributed by atoms with Crippen molar-refractivity contribution in [2.24, 2.45) is 0 Å². The molecule has 3 rings (SSSR count). The Kier molecular flexibility index (Phi) is 3.82. The molecule has 5 nitrogen and oxygen atoms in total. The smallest absolute Gasteiger partial charge is 0.138 e. The lowest BCUT2D eigenvalue weighted by atomic mass is 10.2. The van der Waals surface area contributed by atoms with Gasteiger partial charge in [-0.15, -0.1) is 0 Å². The normalized spacial score (nSPS) is 10.3. The molecule has 0 spiro atoms. The van der Waals surface area contributed by atoms with Crippen molar-refractivity contribution in [3.63, 3.8) is 0 Å². The lowest BCUT2D eigenvalue weighted by Gasteiger charge is -2.08. The molecule has 106 valence electrons. The molecule has 0 unspecified atom stereocenters. The number of nitrogens with zero attached hydrogens (tertiary/aromatic N) is 3. The number of hydrogen-bond acceptors (Lipinski definition) is 4. The number of aromatic nitrogens is 3. The summed E-state index contributed by atoms with van der Waals surface area (Å²) in [5, 5.41) is 4.08. The maximum absolute atomic E-state index is 5.76. The van der Waals surface area contributed by atoms with E-state index in [0.29, 0.717) is 6.61 Å². The molecule has 0 aliphatic rings. The molecular formula is C16H15N3O2. The van der Waals surface area contributed by atoms with Crippen LogP contribution in [0.4, 0.5) is 0 Å². The van der Waals surface area contributed by atoms with Crippen LogP contribution in [0, 0.1) is 0 Å². The van der Waals surface area contributed by atoms with E-state index < -0.39 is 0 Å². The lowest BCUT2D eigenvalue weighted by Crippen LogP contribution is -1.97. The third-order valence-electron chi connectivity index (χ3n) is 3.06. The zero-order valence-corrected chi connectivity index (χ0v) is 11.6. The molecule has 2 aromatic carbocycles. The maximum Gasteiger partial charge on any atom is 0.138 e. The van der Waals surface area contributed by atoms with Crippen LogP contribution in [0.25, 0.3) is 5.69 Å². The molecule has 0 aliphatic heterocycles. The van der Waals surface area contributed by atoms with Gasteiger partial charge in [0.15, 0.2) is 0 Å². The third-order valence-corrected chi connectivity index (χ3v) is 3.06. The number of hydrogen-bond donors (Lipinski definition) is 0. The molecule has 0 atom stereocenters. The first kappa shape index (κ1) is 13.2. The van der Waals surface area contributed by atoms with Gasteiger partial charge in [-0.3, -0.25) is 0 Å². The van der Waals surface area contributed by atoms with E-state index in [-0.39, 0.29) is 0 Å². The van der Waals surface area contributed by atoms with Crippen LogP contribution in [0.3, 0.4) is 0 Å². The van der Waals surface area contributed by atoms with Gasteiger partial charge >= 0.3 is 0 Å². The minimum absolute atomic E-state index is 0.500. The van der Waals surface area contributed by atoms with Crippen LogP contribution in [0.5, 0.6) is 11.5 Å². The van der Waals surface area contributed by atoms with Crippen LogP contribution in [0.2, 0.25) is 0 Å². The number of ether oxygens (including phenoxy) is 2. The van der Waals surface area contributed by atoms with Gasteiger partial charge in [0.05, 0.1) is 12.8 Å². The molecule has 21 heavy (non-hydrogen) atoms. The highest BCUT2D eigenvalue weighted by molar-refractivity contribution is 5.36. The van der Waals surface area contributed by atoms with Crippen molar-refractivity contribution in [1.29, 1.82) is 0 Å². The van der Waals surface area contributed by atoms with Gasteiger partial charge in [-0.25, -0.2) is 9.67 Å². The first-order valence-electron chi connectivity index (χ1n) is 6.56. The van der Waals surface area contributed by atoms with Crippen LogP contribution >= 0.6 is 0 Å². The summed E-state index contributed by atoms with van der Waals surface area (Å²) in [5.74, 6) is 1.64. The molecule has 0 saturated heterocycles. The molecule has 0 radical (unpaired) electrons. The first-order valence-corrected chi connectivity index (χ1v) is 6.56. The van der Waals surface area contributed by atoms with Crippen LogP contribution in [0.15, 0.2) is 61.2 Å². The molecule has 0 saturated carbocycles. The SMILES string of the molecule is COc1cccc(COc2ccc(-n3cncn3)cc2)c1. The van der Waals surface area contributed by atoms with Crippen molar-refractivity contribution in [2.45, 2.75) is 6.61 Å². The minimum Gasteiger partial charge on any atom is -0.497 e. The monoisotopic (exact) mass is 281 g/mol. The van der Waals surface area contributed by atoms with E-state index in [9.17, 15) is 0 Å². The summed E-state index contributed by atoms with van der Waals surface area (Å²) in [4.78, 5) is 3.92. The minimum atomic E-state index is 0.500. The van der Waals surface area contributed by atoms with Gasteiger partial charge < -0.3 is 9.47 Å². The number of methoxy groups -OCH3 is 1. The second-order valence-electron chi connectivity index (χ2n) is 4.47. The quantitative estimate of drug-likeness (QED) is 0.721. The van der Waals surface area contributed by atoms with Crippen molar-refractivity contribution in [3.8, 4) is 17.2 Å².